The van der Waals surface area contributed by atoms with Gasteiger partial charge in [-0.3, -0.25) is 4.79 Å². The molecule has 2 rings (SSSR count). The van der Waals surface area contributed by atoms with Gasteiger partial charge in [-0.1, -0.05) is 38.1 Å². The third kappa shape index (κ3) is 5.45. The summed E-state index contributed by atoms with van der Waals surface area (Å²) in [5.74, 6) is 1.40. The second-order valence-corrected chi connectivity index (χ2v) is 7.03. The van der Waals surface area contributed by atoms with E-state index in [0.717, 1.165) is 32.4 Å². The predicted octanol–water partition coefficient (Wildman–Crippen LogP) is 3.45. The minimum Gasteiger partial charge on any atom is -0.350 e. The van der Waals surface area contributed by atoms with E-state index in [1.165, 1.54) is 11.1 Å². The van der Waals surface area contributed by atoms with Gasteiger partial charge in [0.2, 0.25) is 5.91 Å². The third-order valence-electron chi connectivity index (χ3n) is 4.43. The Balaban J connectivity index is 1.82. The molecule has 0 bridgehead atoms. The second-order valence-electron chi connectivity index (χ2n) is 7.03. The lowest BCUT2D eigenvalue weighted by atomic mass is 9.94. The van der Waals surface area contributed by atoms with Crippen molar-refractivity contribution in [2.75, 3.05) is 13.1 Å². The Bertz CT molecular complexity index is 461. The van der Waals surface area contributed by atoms with Crippen molar-refractivity contribution in [3.8, 4) is 0 Å². The van der Waals surface area contributed by atoms with Crippen LogP contribution >= 0.6 is 0 Å². The van der Waals surface area contributed by atoms with Gasteiger partial charge in [-0.15, -0.1) is 0 Å². The first-order valence-electron chi connectivity index (χ1n) is 8.63. The average Bonchev–Trinajstić information content (AvgIpc) is 2.48. The van der Waals surface area contributed by atoms with Crippen LogP contribution in [-0.4, -0.2) is 19.0 Å². The van der Waals surface area contributed by atoms with Crippen LogP contribution in [0.5, 0.6) is 0 Å². The molecule has 1 aliphatic heterocycles. The molecule has 1 amide bonds. The lowest BCUT2D eigenvalue weighted by Gasteiger charge is -2.23. The highest BCUT2D eigenvalue weighted by atomic mass is 16.1. The molecule has 1 unspecified atom stereocenters. The van der Waals surface area contributed by atoms with E-state index in [1.54, 1.807) is 0 Å². The van der Waals surface area contributed by atoms with Crippen LogP contribution in [0.3, 0.4) is 0 Å². The summed E-state index contributed by atoms with van der Waals surface area (Å²) >= 11 is 0. The molecule has 22 heavy (non-hydrogen) atoms. The molecule has 1 saturated heterocycles. The van der Waals surface area contributed by atoms with Crippen LogP contribution in [0.4, 0.5) is 0 Å². The molecule has 1 aromatic rings. The van der Waals surface area contributed by atoms with Crippen molar-refractivity contribution >= 4 is 5.91 Å². The molecule has 1 atom stereocenters. The number of hydrogen-bond acceptors (Lipinski definition) is 2. The molecule has 0 saturated carbocycles. The fraction of sp³-hybridized carbons (Fsp3) is 0.632. The summed E-state index contributed by atoms with van der Waals surface area (Å²) in [4.78, 5) is 12.2. The van der Waals surface area contributed by atoms with Crippen LogP contribution in [0.1, 0.15) is 57.2 Å². The van der Waals surface area contributed by atoms with E-state index < -0.39 is 0 Å². The Morgan fingerprint density at radius 1 is 1.18 bits per heavy atom. The van der Waals surface area contributed by atoms with Gasteiger partial charge >= 0.3 is 0 Å². The molecule has 1 aromatic carbocycles. The summed E-state index contributed by atoms with van der Waals surface area (Å²) in [6.45, 7) is 8.63. The zero-order valence-corrected chi connectivity index (χ0v) is 14.2. The van der Waals surface area contributed by atoms with Gasteiger partial charge in [-0.25, -0.2) is 0 Å². The van der Waals surface area contributed by atoms with Gasteiger partial charge in [0.1, 0.15) is 0 Å². The summed E-state index contributed by atoms with van der Waals surface area (Å²) in [6, 6.07) is 8.75. The fourth-order valence-electron chi connectivity index (χ4n) is 3.15. The Labute approximate surface area is 134 Å². The molecule has 0 spiro atoms. The summed E-state index contributed by atoms with van der Waals surface area (Å²) < 4.78 is 0. The normalized spacial score (nSPS) is 17.5. The maximum Gasteiger partial charge on any atom is 0.220 e. The lowest BCUT2D eigenvalue weighted by molar-refractivity contribution is -0.122. The third-order valence-corrected chi connectivity index (χ3v) is 4.43. The van der Waals surface area contributed by atoms with Crippen LogP contribution < -0.4 is 10.6 Å². The quantitative estimate of drug-likeness (QED) is 0.845. The second kappa shape index (κ2) is 8.33. The highest BCUT2D eigenvalue weighted by Gasteiger charge is 2.18. The Morgan fingerprint density at radius 3 is 2.41 bits per heavy atom. The number of hydrogen-bond donors (Lipinski definition) is 2. The van der Waals surface area contributed by atoms with Gasteiger partial charge < -0.3 is 10.6 Å². The molecule has 1 heterocycles. The number of rotatable bonds is 6. The minimum atomic E-state index is 0.0855. The highest BCUT2D eigenvalue weighted by Crippen LogP contribution is 2.18. The van der Waals surface area contributed by atoms with E-state index in [1.807, 2.05) is 0 Å². The van der Waals surface area contributed by atoms with Gasteiger partial charge in [0, 0.05) is 6.42 Å². The maximum atomic E-state index is 12.2. The van der Waals surface area contributed by atoms with Crippen LogP contribution in [0.2, 0.25) is 0 Å². The molecule has 0 aliphatic carbocycles. The topological polar surface area (TPSA) is 41.1 Å². The van der Waals surface area contributed by atoms with E-state index in [0.29, 0.717) is 18.3 Å². The average molecular weight is 302 g/mol. The van der Waals surface area contributed by atoms with Crippen molar-refractivity contribution in [1.82, 2.24) is 10.6 Å². The number of amides is 1. The Morgan fingerprint density at radius 2 is 1.82 bits per heavy atom. The van der Waals surface area contributed by atoms with Gasteiger partial charge in [0.05, 0.1) is 6.04 Å². The smallest absolute Gasteiger partial charge is 0.220 e. The number of piperidine rings is 1. The number of carbonyl (C=O) groups is 1. The highest BCUT2D eigenvalue weighted by molar-refractivity contribution is 5.76. The number of nitrogens with one attached hydrogen (secondary N) is 2. The Kier molecular flexibility index (Phi) is 6.44. The fourth-order valence-corrected chi connectivity index (χ4v) is 3.15. The van der Waals surface area contributed by atoms with E-state index in [2.05, 4.69) is 55.7 Å². The lowest BCUT2D eigenvalue weighted by Crippen LogP contribution is -2.33. The van der Waals surface area contributed by atoms with Crippen molar-refractivity contribution in [3.05, 3.63) is 35.4 Å². The van der Waals surface area contributed by atoms with Crippen molar-refractivity contribution in [3.63, 3.8) is 0 Å². The summed E-state index contributed by atoms with van der Waals surface area (Å²) in [5.41, 5.74) is 2.55. The van der Waals surface area contributed by atoms with Gasteiger partial charge in [-0.2, -0.15) is 0 Å². The van der Waals surface area contributed by atoms with Gasteiger partial charge in [0.25, 0.3) is 0 Å². The van der Waals surface area contributed by atoms with E-state index >= 15 is 0 Å². The SMILES string of the molecule is CC(C)Cc1ccc(C(C)NC(=O)CC2CCNCC2)cc1. The molecule has 0 radical (unpaired) electrons. The standard InChI is InChI=1S/C19H30N2O/c1-14(2)12-16-4-6-18(7-5-16)15(3)21-19(22)13-17-8-10-20-11-9-17/h4-7,14-15,17,20H,8-13H2,1-3H3,(H,21,22). The van der Waals surface area contributed by atoms with Crippen molar-refractivity contribution in [1.29, 1.82) is 0 Å². The van der Waals surface area contributed by atoms with Crippen molar-refractivity contribution in [2.45, 2.75) is 52.5 Å². The van der Waals surface area contributed by atoms with Crippen LogP contribution in [0.25, 0.3) is 0 Å². The van der Waals surface area contributed by atoms with E-state index in [9.17, 15) is 4.79 Å². The summed E-state index contributed by atoms with van der Waals surface area (Å²) in [5, 5.41) is 6.49. The first-order chi connectivity index (χ1) is 10.5. The molecule has 2 N–H and O–H groups in total. The van der Waals surface area contributed by atoms with Crippen molar-refractivity contribution < 1.29 is 4.79 Å². The van der Waals surface area contributed by atoms with Gasteiger partial charge in [0.15, 0.2) is 0 Å². The zero-order chi connectivity index (χ0) is 15.9. The molecule has 1 fully saturated rings. The molecule has 3 nitrogen and oxygen atoms in total. The zero-order valence-electron chi connectivity index (χ0n) is 14.2. The largest absolute Gasteiger partial charge is 0.350 e. The van der Waals surface area contributed by atoms with E-state index in [-0.39, 0.29) is 11.9 Å². The molecular formula is C19H30N2O. The first kappa shape index (κ1) is 17.0. The van der Waals surface area contributed by atoms with Crippen LogP contribution in [-0.2, 0) is 11.2 Å². The van der Waals surface area contributed by atoms with E-state index in [4.69, 9.17) is 0 Å². The first-order valence-corrected chi connectivity index (χ1v) is 8.63. The summed E-state index contributed by atoms with van der Waals surface area (Å²) in [7, 11) is 0. The summed E-state index contributed by atoms with van der Waals surface area (Å²) in [6.07, 6.45) is 4.01. The molecule has 122 valence electrons. The molecular weight excluding hydrogens is 272 g/mol. The Hall–Kier alpha value is -1.35. The molecule has 1 aliphatic rings. The van der Waals surface area contributed by atoms with Gasteiger partial charge in [-0.05, 0) is 62.2 Å². The van der Waals surface area contributed by atoms with Crippen LogP contribution in [0, 0.1) is 11.8 Å². The number of carbonyl (C=O) groups excluding carboxylic acids is 1. The molecule has 3 heteroatoms. The monoisotopic (exact) mass is 302 g/mol. The predicted molar refractivity (Wildman–Crippen MR) is 91.8 cm³/mol. The van der Waals surface area contributed by atoms with Crippen molar-refractivity contribution in [2.24, 2.45) is 11.8 Å². The van der Waals surface area contributed by atoms with Crippen LogP contribution in [0.15, 0.2) is 24.3 Å². The molecule has 0 aromatic heterocycles. The minimum absolute atomic E-state index is 0.0855. The maximum absolute atomic E-state index is 12.2. The number of benzene rings is 1.